The Hall–Kier alpha value is -3.44. The maximum Gasteiger partial charge on any atom is 0.351 e. The van der Waals surface area contributed by atoms with Gasteiger partial charge in [0.15, 0.2) is 0 Å². The van der Waals surface area contributed by atoms with E-state index in [0.717, 1.165) is 15.1 Å². The van der Waals surface area contributed by atoms with Crippen LogP contribution in [0.2, 0.25) is 0 Å². The molecule has 9 nitrogen and oxygen atoms in total. The first kappa shape index (κ1) is 21.8. The third-order valence-electron chi connectivity index (χ3n) is 4.99. The summed E-state index contributed by atoms with van der Waals surface area (Å²) in [6.45, 7) is 0. The van der Waals surface area contributed by atoms with Gasteiger partial charge in [-0.05, 0) is 24.5 Å². The van der Waals surface area contributed by atoms with Gasteiger partial charge in [0.1, 0.15) is 27.4 Å². The van der Waals surface area contributed by atoms with Gasteiger partial charge in [0.05, 0.1) is 20.8 Å². The van der Waals surface area contributed by atoms with Crippen LogP contribution in [-0.2, 0) is 16.0 Å². The second kappa shape index (κ2) is 8.97. The maximum absolute atomic E-state index is 12.7. The summed E-state index contributed by atoms with van der Waals surface area (Å²) < 4.78 is 1.01. The van der Waals surface area contributed by atoms with Crippen molar-refractivity contribution in [2.24, 2.45) is 0 Å². The quantitative estimate of drug-likeness (QED) is 0.101. The molecule has 11 heteroatoms. The SMILES string of the molecule is O=C(O)/C(=C(\[O-])CCc1ccc([N+](=O)[O-])cc1)N1C(=O)CC1S[s+]1cnc2ccccc21. The van der Waals surface area contributed by atoms with Crippen molar-refractivity contribution in [3.05, 3.63) is 81.2 Å². The largest absolute Gasteiger partial charge is 0.874 e. The summed E-state index contributed by atoms with van der Waals surface area (Å²) in [5, 5.41) is 32.7. The van der Waals surface area contributed by atoms with E-state index in [1.165, 1.54) is 35.1 Å². The van der Waals surface area contributed by atoms with E-state index in [-0.39, 0.29) is 24.9 Å². The van der Waals surface area contributed by atoms with Crippen molar-refractivity contribution in [3.63, 3.8) is 0 Å². The van der Waals surface area contributed by atoms with Crippen LogP contribution in [0.5, 0.6) is 0 Å². The summed E-state index contributed by atoms with van der Waals surface area (Å²) >= 11 is 0. The van der Waals surface area contributed by atoms with Gasteiger partial charge < -0.3 is 10.2 Å². The minimum absolute atomic E-state index is 0.0678. The number of nitro groups is 1. The lowest BCUT2D eigenvalue weighted by Gasteiger charge is -2.39. The standard InChI is InChI=1S/C21H17N3O6S2/c25-16(10-7-13-5-8-14(9-6-13)24(29)30)20(21(27)28)23-18(26)11-19(23)31-32-12-22-15-3-1-2-4-17(15)32/h1-6,8-9,12,19H,7,10-11H2,(H-,25,27,28)/b20-16+. The van der Waals surface area contributed by atoms with Gasteiger partial charge in [-0.1, -0.05) is 24.3 Å². The summed E-state index contributed by atoms with van der Waals surface area (Å²) in [4.78, 5) is 39.8. The molecule has 32 heavy (non-hydrogen) atoms. The molecule has 3 aromatic rings. The van der Waals surface area contributed by atoms with Crippen LogP contribution in [0.25, 0.3) is 10.2 Å². The van der Waals surface area contributed by atoms with Crippen LogP contribution >= 0.6 is 20.3 Å². The van der Waals surface area contributed by atoms with Crippen molar-refractivity contribution < 1.29 is 24.7 Å². The zero-order valence-corrected chi connectivity index (χ0v) is 18.2. The summed E-state index contributed by atoms with van der Waals surface area (Å²) in [6.07, 6.45) is 0.227. The van der Waals surface area contributed by atoms with Gasteiger partial charge in [0.25, 0.3) is 5.69 Å². The predicted molar refractivity (Wildman–Crippen MR) is 119 cm³/mol. The van der Waals surface area contributed by atoms with E-state index in [1.807, 2.05) is 24.3 Å². The lowest BCUT2D eigenvalue weighted by molar-refractivity contribution is -0.384. The number of allylic oxidation sites excluding steroid dienone is 1. The molecule has 2 heterocycles. The molecular weight excluding hydrogens is 454 g/mol. The third kappa shape index (κ3) is 4.30. The molecule has 0 saturated carbocycles. The molecule has 1 aliphatic rings. The molecule has 1 aromatic heterocycles. The van der Waals surface area contributed by atoms with Crippen LogP contribution in [0.1, 0.15) is 18.4 Å². The van der Waals surface area contributed by atoms with Crippen LogP contribution in [0.3, 0.4) is 0 Å². The number of aliphatic carboxylic acids is 1. The number of carboxylic acid groups (broad SMARTS) is 1. The van der Waals surface area contributed by atoms with Crippen LogP contribution < -0.4 is 5.11 Å². The van der Waals surface area contributed by atoms with Crippen LogP contribution in [-0.4, -0.2) is 37.2 Å². The Bertz CT molecular complexity index is 1240. The smallest absolute Gasteiger partial charge is 0.351 e. The molecule has 1 N–H and O–H groups in total. The van der Waals surface area contributed by atoms with Crippen molar-refractivity contribution in [2.75, 3.05) is 0 Å². The van der Waals surface area contributed by atoms with E-state index in [1.54, 1.807) is 5.51 Å². The highest BCUT2D eigenvalue weighted by Crippen LogP contribution is 2.48. The number of nitrogens with zero attached hydrogens (tertiary/aromatic N) is 3. The molecule has 0 spiro atoms. The number of carboxylic acids is 1. The number of hydrogen-bond acceptors (Lipinski definition) is 7. The molecule has 164 valence electrons. The molecule has 2 unspecified atom stereocenters. The zero-order chi connectivity index (χ0) is 22.8. The summed E-state index contributed by atoms with van der Waals surface area (Å²) in [6, 6.07) is 13.3. The maximum atomic E-state index is 12.7. The molecule has 0 radical (unpaired) electrons. The predicted octanol–water partition coefficient (Wildman–Crippen LogP) is 3.24. The fraction of sp³-hybridized carbons (Fsp3) is 0.190. The number of carbonyl (C=O) groups is 2. The second-order valence-electron chi connectivity index (χ2n) is 7.02. The number of aromatic nitrogens is 1. The van der Waals surface area contributed by atoms with E-state index in [2.05, 4.69) is 4.98 Å². The number of carbonyl (C=O) groups excluding carboxylic acids is 1. The molecule has 1 amide bonds. The minimum Gasteiger partial charge on any atom is -0.874 e. The first-order chi connectivity index (χ1) is 15.3. The lowest BCUT2D eigenvalue weighted by Crippen LogP contribution is -2.52. The first-order valence-electron chi connectivity index (χ1n) is 9.57. The number of β-lactam (4-membered cyclic amide) rings is 1. The number of likely N-dealkylation sites (tertiary alicyclic amines) is 1. The highest BCUT2D eigenvalue weighted by Gasteiger charge is 2.45. The Kier molecular flexibility index (Phi) is 6.10. The molecule has 2 atom stereocenters. The molecule has 0 bridgehead atoms. The Balaban J connectivity index is 1.52. The molecule has 1 fully saturated rings. The van der Waals surface area contributed by atoms with Gasteiger partial charge in [0.2, 0.25) is 16.1 Å². The number of aryl methyl sites for hydroxylation is 1. The molecule has 1 aliphatic heterocycles. The Morgan fingerprint density at radius 3 is 2.62 bits per heavy atom. The number of rotatable bonds is 8. The zero-order valence-electron chi connectivity index (χ0n) is 16.5. The number of para-hydroxylation sites is 1. The van der Waals surface area contributed by atoms with Crippen molar-refractivity contribution in [3.8, 4) is 0 Å². The number of nitro benzene ring substituents is 1. The summed E-state index contributed by atoms with van der Waals surface area (Å²) in [7, 11) is 0.973. The van der Waals surface area contributed by atoms with Crippen molar-refractivity contribution in [2.45, 2.75) is 24.6 Å². The number of thiazole rings is 1. The van der Waals surface area contributed by atoms with Gasteiger partial charge in [-0.25, -0.2) is 4.79 Å². The van der Waals surface area contributed by atoms with Gasteiger partial charge in [0, 0.05) is 18.2 Å². The van der Waals surface area contributed by atoms with Gasteiger partial charge in [-0.3, -0.25) is 19.8 Å². The van der Waals surface area contributed by atoms with E-state index < -0.39 is 43.1 Å². The Labute approximate surface area is 188 Å². The summed E-state index contributed by atoms with van der Waals surface area (Å²) in [5.74, 6) is -2.50. The highest BCUT2D eigenvalue weighted by atomic mass is 33.1. The number of fused-ring (bicyclic) bond motifs is 1. The molecule has 1 saturated heterocycles. The molecule has 0 aliphatic carbocycles. The number of hydrogen-bond donors (Lipinski definition) is 1. The number of non-ortho nitro benzene ring substituents is 1. The average molecular weight is 472 g/mol. The average Bonchev–Trinajstić information content (AvgIpc) is 3.18. The third-order valence-corrected chi connectivity index (χ3v) is 8.95. The van der Waals surface area contributed by atoms with E-state index in [9.17, 15) is 29.9 Å². The lowest BCUT2D eigenvalue weighted by atomic mass is 10.1. The van der Waals surface area contributed by atoms with Crippen molar-refractivity contribution >= 4 is 48.1 Å². The van der Waals surface area contributed by atoms with Gasteiger partial charge in [-0.2, -0.15) is 4.98 Å². The Morgan fingerprint density at radius 2 is 1.97 bits per heavy atom. The fourth-order valence-electron chi connectivity index (χ4n) is 3.34. The molecule has 2 aromatic carbocycles. The first-order valence-corrected chi connectivity index (χ1v) is 12.3. The van der Waals surface area contributed by atoms with Crippen LogP contribution in [0.4, 0.5) is 5.69 Å². The monoisotopic (exact) mass is 471 g/mol. The molecule has 4 rings (SSSR count). The van der Waals surface area contributed by atoms with Gasteiger partial charge >= 0.3 is 5.97 Å². The molecular formula is C21H17N3O6S2. The highest BCUT2D eigenvalue weighted by molar-refractivity contribution is 8.46. The van der Waals surface area contributed by atoms with E-state index >= 15 is 0 Å². The van der Waals surface area contributed by atoms with Crippen molar-refractivity contribution in [1.82, 2.24) is 9.88 Å². The number of benzene rings is 2. The normalized spacial score (nSPS) is 17.1. The summed E-state index contributed by atoms with van der Waals surface area (Å²) in [5.41, 5.74) is 2.69. The van der Waals surface area contributed by atoms with E-state index in [0.29, 0.717) is 5.56 Å². The van der Waals surface area contributed by atoms with Crippen LogP contribution in [0.15, 0.2) is 65.5 Å². The fourth-order valence-corrected chi connectivity index (χ4v) is 7.31. The van der Waals surface area contributed by atoms with Crippen LogP contribution in [0, 0.1) is 10.1 Å². The van der Waals surface area contributed by atoms with E-state index in [4.69, 9.17) is 0 Å². The topological polar surface area (TPSA) is 137 Å². The van der Waals surface area contributed by atoms with Gasteiger partial charge in [-0.15, -0.1) is 5.76 Å². The minimum atomic E-state index is -1.44. The second-order valence-corrected chi connectivity index (χ2v) is 10.7. The Morgan fingerprint density at radius 1 is 1.25 bits per heavy atom. The number of amides is 1. The van der Waals surface area contributed by atoms with Crippen molar-refractivity contribution in [1.29, 1.82) is 0 Å².